The molecule has 0 saturated carbocycles. The van der Waals surface area contributed by atoms with E-state index < -0.39 is 0 Å². The highest BCUT2D eigenvalue weighted by molar-refractivity contribution is 7.98. The van der Waals surface area contributed by atoms with Gasteiger partial charge in [0.25, 0.3) is 0 Å². The van der Waals surface area contributed by atoms with Crippen molar-refractivity contribution in [1.82, 2.24) is 4.57 Å². The third-order valence-corrected chi connectivity index (χ3v) is 4.79. The summed E-state index contributed by atoms with van der Waals surface area (Å²) < 4.78 is 6.78. The highest BCUT2D eigenvalue weighted by Gasteiger charge is 2.32. The molecule has 0 fully saturated rings. The third-order valence-electron chi connectivity index (χ3n) is 4.06. The summed E-state index contributed by atoms with van der Waals surface area (Å²) in [4.78, 5) is 25.6. The number of ether oxygens (including phenoxy) is 1. The summed E-state index contributed by atoms with van der Waals surface area (Å²) >= 11 is 1.61. The lowest BCUT2D eigenvalue weighted by Gasteiger charge is -2.07. The number of fused-ring (bicyclic) bond motifs is 1. The van der Waals surface area contributed by atoms with Gasteiger partial charge in [0.1, 0.15) is 0 Å². The van der Waals surface area contributed by atoms with Gasteiger partial charge in [-0.1, -0.05) is 12.1 Å². The van der Waals surface area contributed by atoms with E-state index in [4.69, 9.17) is 4.74 Å². The van der Waals surface area contributed by atoms with Gasteiger partial charge >= 0.3 is 5.97 Å². The number of carbonyl (C=O) groups excluding carboxylic acids is 2. The van der Waals surface area contributed by atoms with E-state index in [1.54, 1.807) is 17.8 Å². The Kier molecular flexibility index (Phi) is 4.07. The number of carbonyl (C=O) groups is 2. The summed E-state index contributed by atoms with van der Waals surface area (Å²) in [6.45, 7) is 0.672. The van der Waals surface area contributed by atoms with Crippen LogP contribution in [0, 0.1) is 0 Å². The Morgan fingerprint density at radius 2 is 2.09 bits per heavy atom. The second-order valence-electron chi connectivity index (χ2n) is 5.22. The van der Waals surface area contributed by atoms with Crippen LogP contribution in [0.3, 0.4) is 0 Å². The number of hydrogen-bond donors (Lipinski definition) is 0. The number of ketones is 1. The number of hydrogen-bond acceptors (Lipinski definition) is 4. The minimum Gasteiger partial charge on any atom is -0.469 e. The molecule has 22 heavy (non-hydrogen) atoms. The summed E-state index contributed by atoms with van der Waals surface area (Å²) in [6.07, 6.45) is 2.67. The first kappa shape index (κ1) is 14.9. The van der Waals surface area contributed by atoms with Crippen molar-refractivity contribution in [3.8, 4) is 0 Å². The summed E-state index contributed by atoms with van der Waals surface area (Å²) in [7, 11) is 1.40. The Morgan fingerprint density at radius 3 is 2.82 bits per heavy atom. The lowest BCUT2D eigenvalue weighted by molar-refractivity contribution is -0.142. The molecule has 1 aromatic heterocycles. The average molecular weight is 315 g/mol. The first-order chi connectivity index (χ1) is 10.7. The van der Waals surface area contributed by atoms with Crippen LogP contribution < -0.4 is 0 Å². The van der Waals surface area contributed by atoms with Crippen LogP contribution in [0.15, 0.2) is 41.3 Å². The van der Waals surface area contributed by atoms with E-state index in [-0.39, 0.29) is 17.7 Å². The van der Waals surface area contributed by atoms with Crippen molar-refractivity contribution in [2.24, 2.45) is 0 Å². The summed E-state index contributed by atoms with van der Waals surface area (Å²) in [6, 6.07) is 11.3. The first-order valence-electron chi connectivity index (χ1n) is 7.11. The monoisotopic (exact) mass is 315 g/mol. The maximum Gasteiger partial charge on any atom is 0.314 e. The predicted molar refractivity (Wildman–Crippen MR) is 85.5 cm³/mol. The van der Waals surface area contributed by atoms with E-state index in [0.717, 1.165) is 10.6 Å². The predicted octanol–water partition coefficient (Wildman–Crippen LogP) is 3.10. The van der Waals surface area contributed by atoms with Crippen LogP contribution in [0.4, 0.5) is 0 Å². The van der Waals surface area contributed by atoms with Crippen LogP contribution in [0.2, 0.25) is 0 Å². The number of aromatic nitrogens is 1. The number of methoxy groups -OCH3 is 1. The summed E-state index contributed by atoms with van der Waals surface area (Å²) in [5.74, 6) is -0.503. The van der Waals surface area contributed by atoms with Gasteiger partial charge in [0.2, 0.25) is 5.78 Å². The van der Waals surface area contributed by atoms with Gasteiger partial charge in [-0.3, -0.25) is 9.59 Å². The van der Waals surface area contributed by atoms with Crippen molar-refractivity contribution >= 4 is 23.5 Å². The van der Waals surface area contributed by atoms with Crippen molar-refractivity contribution in [2.45, 2.75) is 23.8 Å². The molecule has 1 unspecified atom stereocenters. The molecule has 114 valence electrons. The van der Waals surface area contributed by atoms with Crippen molar-refractivity contribution in [2.75, 3.05) is 13.4 Å². The number of rotatable bonds is 4. The lowest BCUT2D eigenvalue weighted by atomic mass is 10.1. The van der Waals surface area contributed by atoms with E-state index >= 15 is 0 Å². The third kappa shape index (κ3) is 2.46. The molecule has 3 rings (SSSR count). The fraction of sp³-hybridized carbons (Fsp3) is 0.294. The van der Waals surface area contributed by atoms with Crippen LogP contribution in [0.25, 0.3) is 0 Å². The van der Waals surface area contributed by atoms with Gasteiger partial charge in [-0.25, -0.2) is 0 Å². The molecule has 2 heterocycles. The van der Waals surface area contributed by atoms with E-state index in [1.807, 2.05) is 41.2 Å². The molecule has 4 nitrogen and oxygen atoms in total. The Bertz CT molecular complexity index is 735. The number of esters is 1. The summed E-state index contributed by atoms with van der Waals surface area (Å²) in [5, 5.41) is 0. The molecule has 1 aliphatic rings. The van der Waals surface area contributed by atoms with Crippen LogP contribution in [0.1, 0.15) is 34.1 Å². The zero-order valence-corrected chi connectivity index (χ0v) is 13.4. The maximum absolute atomic E-state index is 12.7. The van der Waals surface area contributed by atoms with E-state index in [9.17, 15) is 9.59 Å². The van der Waals surface area contributed by atoms with Gasteiger partial charge in [-0.2, -0.15) is 0 Å². The molecule has 0 saturated heterocycles. The molecule has 5 heteroatoms. The second kappa shape index (κ2) is 6.01. The quantitative estimate of drug-likeness (QED) is 0.494. The zero-order chi connectivity index (χ0) is 15.7. The molecular formula is C17H17NO3S. The topological polar surface area (TPSA) is 48.3 Å². The second-order valence-corrected chi connectivity index (χ2v) is 6.10. The molecule has 1 atom stereocenters. The molecule has 0 bridgehead atoms. The van der Waals surface area contributed by atoms with Gasteiger partial charge in [-0.05, 0) is 36.9 Å². The van der Waals surface area contributed by atoms with Gasteiger partial charge in [-0.15, -0.1) is 11.8 Å². The zero-order valence-electron chi connectivity index (χ0n) is 12.5. The largest absolute Gasteiger partial charge is 0.469 e. The molecule has 1 aromatic carbocycles. The number of benzene rings is 1. The Labute approximate surface area is 133 Å². The number of thioether (sulfide) groups is 1. The minimum atomic E-state index is -0.260. The smallest absolute Gasteiger partial charge is 0.314 e. The Hall–Kier alpha value is -2.01. The average Bonchev–Trinajstić information content (AvgIpc) is 3.15. The van der Waals surface area contributed by atoms with Gasteiger partial charge < -0.3 is 9.30 Å². The van der Waals surface area contributed by atoms with Crippen molar-refractivity contribution < 1.29 is 14.3 Å². The lowest BCUT2D eigenvalue weighted by Crippen LogP contribution is -2.11. The summed E-state index contributed by atoms with van der Waals surface area (Å²) in [5.41, 5.74) is 2.19. The number of nitrogens with zero attached hydrogens (tertiary/aromatic N) is 1. The fourth-order valence-electron chi connectivity index (χ4n) is 2.93. The van der Waals surface area contributed by atoms with Gasteiger partial charge in [0, 0.05) is 22.7 Å². The van der Waals surface area contributed by atoms with Crippen LogP contribution in [0.5, 0.6) is 0 Å². The van der Waals surface area contributed by atoms with Crippen molar-refractivity contribution in [3.63, 3.8) is 0 Å². The normalized spacial score (nSPS) is 16.4. The van der Waals surface area contributed by atoms with Gasteiger partial charge in [0.05, 0.1) is 18.7 Å². The molecule has 0 radical (unpaired) electrons. The fourth-order valence-corrected chi connectivity index (χ4v) is 3.39. The molecule has 0 N–H and O–H groups in total. The van der Waals surface area contributed by atoms with E-state index in [2.05, 4.69) is 0 Å². The Balaban J connectivity index is 1.94. The Morgan fingerprint density at radius 1 is 1.27 bits per heavy atom. The minimum absolute atomic E-state index is 0.00679. The first-order valence-corrected chi connectivity index (χ1v) is 8.34. The van der Waals surface area contributed by atoms with E-state index in [1.165, 1.54) is 7.11 Å². The standard InChI is InChI=1S/C17H17NO3S/c1-21-17(20)13-8-9-18-14(13)6-7-15(18)16(19)11-4-3-5-12(10-11)22-2/h3-7,10,13H,8-9H2,1-2H3. The molecule has 0 amide bonds. The van der Waals surface area contributed by atoms with Crippen LogP contribution in [-0.2, 0) is 16.1 Å². The molecule has 2 aromatic rings. The van der Waals surface area contributed by atoms with Crippen molar-refractivity contribution in [3.05, 3.63) is 53.3 Å². The SMILES string of the molecule is COC(=O)C1CCn2c(C(=O)c3cccc(SC)c3)ccc21. The molecule has 0 aliphatic carbocycles. The van der Waals surface area contributed by atoms with Gasteiger partial charge in [0.15, 0.2) is 0 Å². The molecule has 1 aliphatic heterocycles. The highest BCUT2D eigenvalue weighted by Crippen LogP contribution is 2.32. The van der Waals surface area contributed by atoms with Crippen LogP contribution in [-0.4, -0.2) is 29.7 Å². The van der Waals surface area contributed by atoms with Crippen LogP contribution >= 0.6 is 11.8 Å². The maximum atomic E-state index is 12.7. The van der Waals surface area contributed by atoms with Crippen molar-refractivity contribution in [1.29, 1.82) is 0 Å². The molecular weight excluding hydrogens is 298 g/mol. The van der Waals surface area contributed by atoms with E-state index in [0.29, 0.717) is 24.2 Å². The molecule has 0 spiro atoms. The highest BCUT2D eigenvalue weighted by atomic mass is 32.2.